The predicted octanol–water partition coefficient (Wildman–Crippen LogP) is 4.92. The van der Waals surface area contributed by atoms with E-state index in [1.54, 1.807) is 0 Å². The maximum absolute atomic E-state index is 3.94. The van der Waals surface area contributed by atoms with Crippen LogP contribution in [0, 0.1) is 5.41 Å². The average Bonchev–Trinajstić information content (AvgIpc) is 2.47. The van der Waals surface area contributed by atoms with Crippen LogP contribution in [-0.4, -0.2) is 5.54 Å². The summed E-state index contributed by atoms with van der Waals surface area (Å²) in [6.45, 7) is 8.22. The molecule has 106 valence electrons. The first kappa shape index (κ1) is 14.6. The maximum Gasteiger partial charge on any atom is 0.0235 e. The van der Waals surface area contributed by atoms with Crippen LogP contribution in [-0.2, 0) is 6.54 Å². The van der Waals surface area contributed by atoms with Crippen molar-refractivity contribution in [2.24, 2.45) is 5.41 Å². The molecule has 1 aliphatic rings. The summed E-state index contributed by atoms with van der Waals surface area (Å²) in [5, 5.41) is 3.94. The van der Waals surface area contributed by atoms with Crippen LogP contribution in [0.15, 0.2) is 30.3 Å². The third-order valence-electron chi connectivity index (χ3n) is 5.36. The van der Waals surface area contributed by atoms with E-state index in [4.69, 9.17) is 0 Å². The van der Waals surface area contributed by atoms with Gasteiger partial charge >= 0.3 is 0 Å². The molecule has 1 aromatic rings. The summed E-state index contributed by atoms with van der Waals surface area (Å²) in [7, 11) is 0. The first-order chi connectivity index (χ1) is 9.10. The van der Waals surface area contributed by atoms with Crippen molar-refractivity contribution in [2.45, 2.75) is 71.4 Å². The molecule has 1 fully saturated rings. The second kappa shape index (κ2) is 6.09. The van der Waals surface area contributed by atoms with Crippen LogP contribution in [0.2, 0.25) is 0 Å². The monoisotopic (exact) mass is 259 g/mol. The topological polar surface area (TPSA) is 12.0 Å². The molecule has 0 aromatic heterocycles. The lowest BCUT2D eigenvalue weighted by Gasteiger charge is -2.50. The Hall–Kier alpha value is -0.820. The van der Waals surface area contributed by atoms with Gasteiger partial charge in [-0.25, -0.2) is 0 Å². The number of benzene rings is 1. The molecule has 0 heterocycles. The van der Waals surface area contributed by atoms with Gasteiger partial charge in [0.1, 0.15) is 0 Å². The normalized spacial score (nSPS) is 19.3. The minimum absolute atomic E-state index is 0.329. The summed E-state index contributed by atoms with van der Waals surface area (Å²) in [5.41, 5.74) is 2.11. The van der Waals surface area contributed by atoms with Crippen molar-refractivity contribution in [2.75, 3.05) is 0 Å². The number of nitrogens with one attached hydrogen (secondary N) is 1. The summed E-state index contributed by atoms with van der Waals surface area (Å²) in [6, 6.07) is 10.8. The molecular weight excluding hydrogens is 230 g/mol. The predicted molar refractivity (Wildman–Crippen MR) is 83.2 cm³/mol. The summed E-state index contributed by atoms with van der Waals surface area (Å²) in [6.07, 6.45) is 8.08. The molecule has 19 heavy (non-hydrogen) atoms. The molecule has 0 radical (unpaired) electrons. The van der Waals surface area contributed by atoms with Gasteiger partial charge in [-0.2, -0.15) is 0 Å². The Morgan fingerprint density at radius 2 is 1.68 bits per heavy atom. The van der Waals surface area contributed by atoms with Crippen molar-refractivity contribution < 1.29 is 0 Å². The lowest BCUT2D eigenvalue weighted by Crippen LogP contribution is -2.56. The molecule has 2 rings (SSSR count). The molecule has 1 heteroatoms. The zero-order valence-electron chi connectivity index (χ0n) is 12.8. The average molecular weight is 259 g/mol. The van der Waals surface area contributed by atoms with E-state index in [-0.39, 0.29) is 0 Å². The van der Waals surface area contributed by atoms with Gasteiger partial charge in [0.25, 0.3) is 0 Å². The summed E-state index contributed by atoms with van der Waals surface area (Å²) < 4.78 is 0. The molecule has 0 amide bonds. The van der Waals surface area contributed by atoms with Gasteiger partial charge in [0, 0.05) is 12.1 Å². The van der Waals surface area contributed by atoms with Gasteiger partial charge in [-0.05, 0) is 30.2 Å². The first-order valence-electron chi connectivity index (χ1n) is 7.89. The number of hydrogen-bond donors (Lipinski definition) is 1. The second-order valence-electron chi connectivity index (χ2n) is 6.72. The van der Waals surface area contributed by atoms with E-state index in [0.717, 1.165) is 6.54 Å². The molecule has 1 aromatic carbocycles. The van der Waals surface area contributed by atoms with Crippen LogP contribution in [0.4, 0.5) is 0 Å². The Labute approximate surface area is 118 Å². The molecule has 0 atom stereocenters. The minimum atomic E-state index is 0.329. The molecule has 0 aliphatic heterocycles. The van der Waals surface area contributed by atoms with Crippen molar-refractivity contribution in [1.29, 1.82) is 0 Å². The molecular formula is C18H29N. The molecule has 0 saturated heterocycles. The van der Waals surface area contributed by atoms with Crippen molar-refractivity contribution >= 4 is 0 Å². The van der Waals surface area contributed by atoms with Gasteiger partial charge in [0.15, 0.2) is 0 Å². The maximum atomic E-state index is 3.94. The fraction of sp³-hybridized carbons (Fsp3) is 0.667. The summed E-state index contributed by atoms with van der Waals surface area (Å²) in [4.78, 5) is 0. The van der Waals surface area contributed by atoms with Gasteiger partial charge in [0.05, 0.1) is 0 Å². The fourth-order valence-corrected chi connectivity index (χ4v) is 3.45. The highest BCUT2D eigenvalue weighted by Crippen LogP contribution is 2.44. The van der Waals surface area contributed by atoms with Crippen LogP contribution in [0.25, 0.3) is 0 Å². The summed E-state index contributed by atoms with van der Waals surface area (Å²) in [5.74, 6) is 0. The zero-order chi connectivity index (χ0) is 13.8. The van der Waals surface area contributed by atoms with E-state index in [2.05, 4.69) is 56.4 Å². The highest BCUT2D eigenvalue weighted by molar-refractivity contribution is 5.15. The third-order valence-corrected chi connectivity index (χ3v) is 5.36. The minimum Gasteiger partial charge on any atom is -0.307 e. The highest BCUT2D eigenvalue weighted by atomic mass is 15.0. The van der Waals surface area contributed by atoms with E-state index in [0.29, 0.717) is 11.0 Å². The van der Waals surface area contributed by atoms with Crippen LogP contribution in [0.3, 0.4) is 0 Å². The van der Waals surface area contributed by atoms with Gasteiger partial charge in [-0.15, -0.1) is 0 Å². The number of hydrogen-bond acceptors (Lipinski definition) is 1. The second-order valence-corrected chi connectivity index (χ2v) is 6.72. The van der Waals surface area contributed by atoms with Crippen LogP contribution in [0.5, 0.6) is 0 Å². The van der Waals surface area contributed by atoms with Gasteiger partial charge in [0.2, 0.25) is 0 Å². The molecule has 1 nitrogen and oxygen atoms in total. The van der Waals surface area contributed by atoms with E-state index >= 15 is 0 Å². The zero-order valence-corrected chi connectivity index (χ0v) is 12.8. The van der Waals surface area contributed by atoms with Crippen molar-refractivity contribution in [3.63, 3.8) is 0 Å². The Bertz CT molecular complexity index is 374. The summed E-state index contributed by atoms with van der Waals surface area (Å²) >= 11 is 0. The van der Waals surface area contributed by atoms with Gasteiger partial charge in [-0.1, -0.05) is 70.4 Å². The Kier molecular flexibility index (Phi) is 4.67. The van der Waals surface area contributed by atoms with Crippen molar-refractivity contribution in [1.82, 2.24) is 5.32 Å². The van der Waals surface area contributed by atoms with Gasteiger partial charge in [-0.3, -0.25) is 0 Å². The molecule has 0 unspecified atom stereocenters. The SMILES string of the molecule is CCC(C)(C)C1(NCc2ccccc2)CCCCC1. The molecule has 1 aliphatic carbocycles. The lowest BCUT2D eigenvalue weighted by molar-refractivity contribution is 0.0678. The van der Waals surface area contributed by atoms with Crippen molar-refractivity contribution in [3.8, 4) is 0 Å². The van der Waals surface area contributed by atoms with E-state index in [1.165, 1.54) is 44.1 Å². The van der Waals surface area contributed by atoms with Crippen LogP contribution in [0.1, 0.15) is 64.9 Å². The van der Waals surface area contributed by atoms with Crippen LogP contribution < -0.4 is 5.32 Å². The quantitative estimate of drug-likeness (QED) is 0.791. The first-order valence-corrected chi connectivity index (χ1v) is 7.89. The Morgan fingerprint density at radius 3 is 2.26 bits per heavy atom. The largest absolute Gasteiger partial charge is 0.307 e. The molecule has 1 saturated carbocycles. The smallest absolute Gasteiger partial charge is 0.0235 e. The molecule has 1 N–H and O–H groups in total. The number of rotatable bonds is 5. The molecule has 0 bridgehead atoms. The standard InChI is InChI=1S/C18H29N/c1-4-17(2,3)18(13-9-6-10-14-18)19-15-16-11-7-5-8-12-16/h5,7-8,11-12,19H,4,6,9-10,13-15H2,1-3H3. The Balaban J connectivity index is 2.10. The van der Waals surface area contributed by atoms with Crippen molar-refractivity contribution in [3.05, 3.63) is 35.9 Å². The lowest BCUT2D eigenvalue weighted by atomic mass is 9.63. The van der Waals surface area contributed by atoms with Gasteiger partial charge < -0.3 is 5.32 Å². The Morgan fingerprint density at radius 1 is 1.05 bits per heavy atom. The van der Waals surface area contributed by atoms with Crippen LogP contribution >= 0.6 is 0 Å². The van der Waals surface area contributed by atoms with E-state index < -0.39 is 0 Å². The third kappa shape index (κ3) is 3.20. The fourth-order valence-electron chi connectivity index (χ4n) is 3.45. The molecule has 0 spiro atoms. The highest BCUT2D eigenvalue weighted by Gasteiger charge is 2.43. The van der Waals surface area contributed by atoms with E-state index in [1.807, 2.05) is 0 Å². The van der Waals surface area contributed by atoms with E-state index in [9.17, 15) is 0 Å².